The normalized spacial score (nSPS) is 12.3. The van der Waals surface area contributed by atoms with Gasteiger partial charge in [-0.05, 0) is 0 Å². The first-order chi connectivity index (χ1) is 5.70. The summed E-state index contributed by atoms with van der Waals surface area (Å²) in [6.45, 7) is -1.79. The van der Waals surface area contributed by atoms with Crippen LogP contribution in [0.4, 0.5) is 13.6 Å². The van der Waals surface area contributed by atoms with Crippen molar-refractivity contribution in [2.24, 2.45) is 0 Å². The van der Waals surface area contributed by atoms with Gasteiger partial charge in [0.15, 0.2) is 16.7 Å². The van der Waals surface area contributed by atoms with E-state index in [-0.39, 0.29) is 0 Å². The second-order valence-electron chi connectivity index (χ2n) is 1.92. The molecule has 0 aliphatic heterocycles. The third kappa shape index (κ3) is 3.51. The molecule has 0 spiro atoms. The highest BCUT2D eigenvalue weighted by molar-refractivity contribution is 7.86. The van der Waals surface area contributed by atoms with Crippen LogP contribution in [0.2, 0.25) is 0 Å². The molecule has 9 heteroatoms. The third-order valence-corrected chi connectivity index (χ3v) is 1.79. The molecule has 0 saturated carbocycles. The third-order valence-electron chi connectivity index (χ3n) is 0.941. The number of nitrogens with one attached hydrogen (secondary N) is 1. The van der Waals surface area contributed by atoms with E-state index in [1.54, 1.807) is 5.32 Å². The average molecular weight is 218 g/mol. The Morgan fingerprint density at radius 1 is 1.62 bits per heavy atom. The van der Waals surface area contributed by atoms with Crippen LogP contribution in [0.25, 0.3) is 0 Å². The Morgan fingerprint density at radius 3 is 2.38 bits per heavy atom. The molecule has 0 rings (SSSR count). The Labute approximate surface area is 72.6 Å². The summed E-state index contributed by atoms with van der Waals surface area (Å²) in [5, 5.41) is -2.80. The number of carbonyl (C=O) groups is 1. The maximum atomic E-state index is 12.2. The van der Waals surface area contributed by atoms with Gasteiger partial charge in [-0.25, -0.2) is 13.2 Å². The van der Waals surface area contributed by atoms with Crippen molar-refractivity contribution in [3.05, 3.63) is 0 Å². The second-order valence-corrected chi connectivity index (χ2v) is 3.42. The molecule has 1 amide bonds. The number of halogens is 2. The van der Waals surface area contributed by atoms with Crippen molar-refractivity contribution in [3.8, 4) is 0 Å². The van der Waals surface area contributed by atoms with Crippen molar-refractivity contribution in [3.63, 3.8) is 0 Å². The molecule has 13 heavy (non-hydrogen) atoms. The smallest absolute Gasteiger partial charge is 0.407 e. The van der Waals surface area contributed by atoms with Crippen LogP contribution in [0.5, 0.6) is 0 Å². The molecular formula is C4H6F2NO5S-. The summed E-state index contributed by atoms with van der Waals surface area (Å²) in [7, 11) is -4.71. The van der Waals surface area contributed by atoms with Crippen LogP contribution < -0.4 is 5.32 Å². The summed E-state index contributed by atoms with van der Waals surface area (Å²) in [6.07, 6.45) is -1.25. The molecule has 1 N–H and O–H groups in total. The van der Waals surface area contributed by atoms with Crippen LogP contribution in [0.1, 0.15) is 0 Å². The molecule has 0 heterocycles. The van der Waals surface area contributed by atoms with Crippen molar-refractivity contribution in [2.75, 3.05) is 13.7 Å². The van der Waals surface area contributed by atoms with Gasteiger partial charge < -0.3 is 14.6 Å². The summed E-state index contributed by atoms with van der Waals surface area (Å²) >= 11 is 0. The molecule has 0 radical (unpaired) electrons. The number of alkyl halides is 2. The first kappa shape index (κ1) is 12.0. The van der Waals surface area contributed by atoms with Crippen LogP contribution in [-0.4, -0.2) is 38.0 Å². The molecule has 0 unspecified atom stereocenters. The minimum atomic E-state index is -5.79. The van der Waals surface area contributed by atoms with Gasteiger partial charge in [-0.15, -0.1) is 0 Å². The Morgan fingerprint density at radius 2 is 2.08 bits per heavy atom. The molecule has 0 saturated heterocycles. The quantitative estimate of drug-likeness (QED) is 0.643. The topological polar surface area (TPSA) is 95.5 Å². The summed E-state index contributed by atoms with van der Waals surface area (Å²) in [6, 6.07) is 0. The number of amides is 1. The number of hydrogen-bond donors (Lipinski definition) is 1. The molecule has 0 aromatic heterocycles. The summed E-state index contributed by atoms with van der Waals surface area (Å²) in [5.74, 6) is 0. The van der Waals surface area contributed by atoms with Crippen LogP contribution in [0.3, 0.4) is 0 Å². The van der Waals surface area contributed by atoms with Crippen molar-refractivity contribution < 1.29 is 31.3 Å². The van der Waals surface area contributed by atoms with E-state index in [2.05, 4.69) is 4.74 Å². The van der Waals surface area contributed by atoms with E-state index >= 15 is 0 Å². The fourth-order valence-electron chi connectivity index (χ4n) is 0.294. The van der Waals surface area contributed by atoms with Gasteiger partial charge in [0, 0.05) is 7.05 Å². The van der Waals surface area contributed by atoms with Crippen molar-refractivity contribution in [2.45, 2.75) is 5.25 Å². The molecule has 0 aliphatic carbocycles. The van der Waals surface area contributed by atoms with Gasteiger partial charge in [0.25, 0.3) is 0 Å². The predicted molar refractivity (Wildman–Crippen MR) is 35.1 cm³/mol. The molecule has 0 bridgehead atoms. The molecule has 0 aromatic rings. The lowest BCUT2D eigenvalue weighted by molar-refractivity contribution is 0.00721. The van der Waals surface area contributed by atoms with Crippen molar-refractivity contribution in [1.82, 2.24) is 5.32 Å². The molecule has 0 fully saturated rings. The lowest BCUT2D eigenvalue weighted by atomic mass is 10.7. The fourth-order valence-corrected chi connectivity index (χ4v) is 0.497. The Hall–Kier alpha value is -0.960. The first-order valence-electron chi connectivity index (χ1n) is 2.88. The van der Waals surface area contributed by atoms with Crippen molar-refractivity contribution in [1.29, 1.82) is 0 Å². The monoisotopic (exact) mass is 218 g/mol. The van der Waals surface area contributed by atoms with Crippen LogP contribution in [0.15, 0.2) is 0 Å². The second kappa shape index (κ2) is 3.83. The van der Waals surface area contributed by atoms with Gasteiger partial charge in [-0.2, -0.15) is 8.78 Å². The maximum Gasteiger partial charge on any atom is 0.407 e. The molecule has 78 valence electrons. The van der Waals surface area contributed by atoms with Gasteiger partial charge in [0.05, 0.1) is 0 Å². The van der Waals surface area contributed by atoms with E-state index in [9.17, 15) is 26.5 Å². The number of alkyl carbamates (subject to hydrolysis) is 1. The minimum absolute atomic E-state index is 1.09. The summed E-state index contributed by atoms with van der Waals surface area (Å²) in [4.78, 5) is 10.2. The predicted octanol–water partition coefficient (Wildman–Crippen LogP) is -0.520. The van der Waals surface area contributed by atoms with Gasteiger partial charge in [-0.1, -0.05) is 0 Å². The molecule has 6 nitrogen and oxygen atoms in total. The minimum Gasteiger partial charge on any atom is -0.743 e. The average Bonchev–Trinajstić information content (AvgIpc) is 1.98. The van der Waals surface area contributed by atoms with Gasteiger partial charge in [0.1, 0.15) is 0 Å². The zero-order valence-corrected chi connectivity index (χ0v) is 7.23. The van der Waals surface area contributed by atoms with Crippen molar-refractivity contribution >= 4 is 16.2 Å². The van der Waals surface area contributed by atoms with Crippen LogP contribution in [0, 0.1) is 0 Å². The lowest BCUT2D eigenvalue weighted by Crippen LogP contribution is -2.36. The summed E-state index contributed by atoms with van der Waals surface area (Å²) < 4.78 is 57.7. The summed E-state index contributed by atoms with van der Waals surface area (Å²) in [5.41, 5.74) is 0. The van der Waals surface area contributed by atoms with Gasteiger partial charge in [0.2, 0.25) is 0 Å². The molecule has 0 aliphatic rings. The highest BCUT2D eigenvalue weighted by atomic mass is 32.2. The highest BCUT2D eigenvalue weighted by Crippen LogP contribution is 2.20. The van der Waals surface area contributed by atoms with E-state index in [1.165, 1.54) is 0 Å². The Kier molecular flexibility index (Phi) is 3.55. The largest absolute Gasteiger partial charge is 0.743 e. The molecular weight excluding hydrogens is 212 g/mol. The molecule has 0 atom stereocenters. The fraction of sp³-hybridized carbons (Fsp3) is 0.750. The van der Waals surface area contributed by atoms with Gasteiger partial charge >= 0.3 is 11.3 Å². The lowest BCUT2D eigenvalue weighted by Gasteiger charge is -2.18. The van der Waals surface area contributed by atoms with E-state index in [0.717, 1.165) is 7.05 Å². The van der Waals surface area contributed by atoms with E-state index in [0.29, 0.717) is 0 Å². The van der Waals surface area contributed by atoms with E-state index in [4.69, 9.17) is 0 Å². The highest BCUT2D eigenvalue weighted by Gasteiger charge is 2.39. The Bertz CT molecular complexity index is 287. The van der Waals surface area contributed by atoms with Crippen LogP contribution in [-0.2, 0) is 14.9 Å². The number of rotatable bonds is 3. The number of ether oxygens (including phenoxy) is 1. The SMILES string of the molecule is CNC(=O)OCC(F)(F)S(=O)(=O)[O-]. The number of hydrogen-bond acceptors (Lipinski definition) is 5. The van der Waals surface area contributed by atoms with Crippen LogP contribution >= 0.6 is 0 Å². The van der Waals surface area contributed by atoms with E-state index in [1.807, 2.05) is 0 Å². The first-order valence-corrected chi connectivity index (χ1v) is 4.29. The zero-order chi connectivity index (χ0) is 10.7. The molecule has 0 aromatic carbocycles. The Balaban J connectivity index is 4.29. The number of carbonyl (C=O) groups excluding carboxylic acids is 1. The maximum absolute atomic E-state index is 12.2. The standard InChI is InChI=1S/C4H7F2NO5S/c1-7-3(8)12-2-4(5,6)13(9,10)11/h2H2,1H3,(H,7,8)(H,9,10,11)/p-1. The van der Waals surface area contributed by atoms with Gasteiger partial charge in [-0.3, -0.25) is 0 Å². The zero-order valence-electron chi connectivity index (χ0n) is 6.41. The van der Waals surface area contributed by atoms with E-state index < -0.39 is 28.1 Å².